The highest BCUT2D eigenvalue weighted by atomic mass is 19.4. The molecule has 1 atom stereocenters. The van der Waals surface area contributed by atoms with Gasteiger partial charge in [-0.2, -0.15) is 17.9 Å². The van der Waals surface area contributed by atoms with Crippen LogP contribution < -0.4 is 26.2 Å². The molecule has 4 aromatic rings. The molecule has 0 spiro atoms. The Kier molecular flexibility index (Phi) is 10.5. The van der Waals surface area contributed by atoms with Gasteiger partial charge < -0.3 is 30.7 Å². The number of nitrogens with zero attached hydrogens (tertiary/aromatic N) is 2. The second kappa shape index (κ2) is 14.1. The number of aliphatic carboxylic acids is 1. The summed E-state index contributed by atoms with van der Waals surface area (Å²) in [4.78, 5) is 36.2. The van der Waals surface area contributed by atoms with Gasteiger partial charge in [-0.15, -0.1) is 5.10 Å². The number of carbonyl (C=O) groups is 2. The van der Waals surface area contributed by atoms with Crippen LogP contribution in [0.4, 0.5) is 23.2 Å². The molecule has 7 N–H and O–H groups in total. The molecule has 13 nitrogen and oxygen atoms in total. The number of alkyl halides is 3. The number of rotatable bonds is 10. The fourth-order valence-electron chi connectivity index (χ4n) is 3.88. The zero-order valence-corrected chi connectivity index (χ0v) is 23.5. The predicted molar refractivity (Wildman–Crippen MR) is 152 cm³/mol. The van der Waals surface area contributed by atoms with Gasteiger partial charge in [-0.1, -0.05) is 12.1 Å². The van der Waals surface area contributed by atoms with E-state index in [4.69, 9.17) is 30.5 Å². The zero-order chi connectivity index (χ0) is 33.5. The maximum atomic E-state index is 15.4. The van der Waals surface area contributed by atoms with Gasteiger partial charge in [0, 0.05) is 22.9 Å². The summed E-state index contributed by atoms with van der Waals surface area (Å²) < 4.78 is 59.0. The second-order valence-corrected chi connectivity index (χ2v) is 8.88. The van der Waals surface area contributed by atoms with E-state index in [0.29, 0.717) is 17.9 Å². The molecule has 0 aliphatic carbocycles. The molecule has 0 saturated heterocycles. The summed E-state index contributed by atoms with van der Waals surface area (Å²) >= 11 is 0. The van der Waals surface area contributed by atoms with Gasteiger partial charge in [0.05, 0.1) is 25.0 Å². The van der Waals surface area contributed by atoms with Crippen LogP contribution in [-0.2, 0) is 4.79 Å². The predicted octanol–water partition coefficient (Wildman–Crippen LogP) is 3.92. The molecule has 4 rings (SSSR count). The molecule has 0 amide bonds. The van der Waals surface area contributed by atoms with E-state index in [1.807, 2.05) is 0 Å². The lowest BCUT2D eigenvalue weighted by Gasteiger charge is -2.21. The number of amidine groups is 1. The van der Waals surface area contributed by atoms with E-state index in [2.05, 4.69) is 15.4 Å². The SMILES string of the molecule is CCOc1cc(C(Nc2ccc(C(=N)N)cc2)c2nn(-c3ccccc3C(=O)O)c(=O)[nH]2)c(F)cc1OC.O=C(O)C(F)(F)F. The molecular weight excluding hydrogens is 608 g/mol. The van der Waals surface area contributed by atoms with E-state index in [1.54, 1.807) is 37.3 Å². The molecule has 17 heteroatoms. The first-order chi connectivity index (χ1) is 21.2. The monoisotopic (exact) mass is 634 g/mol. The molecule has 1 unspecified atom stereocenters. The zero-order valence-electron chi connectivity index (χ0n) is 23.5. The Morgan fingerprint density at radius 2 is 1.73 bits per heavy atom. The number of methoxy groups -OCH3 is 1. The van der Waals surface area contributed by atoms with Crippen LogP contribution in [-0.4, -0.2) is 62.6 Å². The minimum atomic E-state index is -5.08. The van der Waals surface area contributed by atoms with Gasteiger partial charge in [0.1, 0.15) is 17.7 Å². The number of halogens is 4. The Balaban J connectivity index is 0.000000707. The molecule has 1 aromatic heterocycles. The van der Waals surface area contributed by atoms with E-state index in [9.17, 15) is 27.9 Å². The van der Waals surface area contributed by atoms with E-state index in [-0.39, 0.29) is 40.0 Å². The average molecular weight is 635 g/mol. The maximum absolute atomic E-state index is 15.4. The number of benzene rings is 3. The van der Waals surface area contributed by atoms with Crippen molar-refractivity contribution in [3.63, 3.8) is 0 Å². The van der Waals surface area contributed by atoms with Gasteiger partial charge in [-0.05, 0) is 49.4 Å². The summed E-state index contributed by atoms with van der Waals surface area (Å²) in [6.45, 7) is 2.07. The number of aromatic nitrogens is 3. The topological polar surface area (TPSA) is 206 Å². The maximum Gasteiger partial charge on any atom is 0.490 e. The van der Waals surface area contributed by atoms with E-state index >= 15 is 4.39 Å². The fourth-order valence-corrected chi connectivity index (χ4v) is 3.88. The molecule has 238 valence electrons. The minimum absolute atomic E-state index is 0.0114. The molecule has 0 bridgehead atoms. The number of ether oxygens (including phenoxy) is 2. The highest BCUT2D eigenvalue weighted by molar-refractivity contribution is 5.95. The van der Waals surface area contributed by atoms with Crippen LogP contribution in [0.1, 0.15) is 40.3 Å². The average Bonchev–Trinajstić information content (AvgIpc) is 3.37. The molecular formula is C28H26F4N6O7. The number of H-pyrrole nitrogens is 1. The van der Waals surface area contributed by atoms with Crippen LogP contribution in [0.15, 0.2) is 65.5 Å². The van der Waals surface area contributed by atoms with Crippen molar-refractivity contribution in [3.8, 4) is 17.2 Å². The number of aromatic amines is 1. The number of carboxylic acids is 2. The number of nitrogens with two attached hydrogens (primary N) is 1. The van der Waals surface area contributed by atoms with E-state index < -0.39 is 35.7 Å². The summed E-state index contributed by atoms with van der Waals surface area (Å²) in [6.07, 6.45) is -5.08. The Bertz CT molecular complexity index is 1750. The van der Waals surface area contributed by atoms with Crippen LogP contribution in [0.25, 0.3) is 5.69 Å². The Labute approximate surface area is 251 Å². The van der Waals surface area contributed by atoms with Crippen molar-refractivity contribution in [1.82, 2.24) is 14.8 Å². The first kappa shape index (κ1) is 33.6. The summed E-state index contributed by atoms with van der Waals surface area (Å²) in [5.41, 5.74) is 5.82. The van der Waals surface area contributed by atoms with E-state index in [0.717, 1.165) is 4.68 Å². The van der Waals surface area contributed by atoms with Gasteiger partial charge in [0.2, 0.25) is 0 Å². The largest absolute Gasteiger partial charge is 0.493 e. The van der Waals surface area contributed by atoms with Gasteiger partial charge in [0.15, 0.2) is 17.3 Å². The molecule has 0 saturated carbocycles. The van der Waals surface area contributed by atoms with Gasteiger partial charge in [-0.3, -0.25) is 10.4 Å². The van der Waals surface area contributed by atoms with Crippen molar-refractivity contribution in [2.24, 2.45) is 5.73 Å². The number of nitrogens with one attached hydrogen (secondary N) is 3. The number of anilines is 1. The van der Waals surface area contributed by atoms with Crippen molar-refractivity contribution in [2.45, 2.75) is 19.1 Å². The summed E-state index contributed by atoms with van der Waals surface area (Å²) in [5, 5.41) is 31.8. The first-order valence-electron chi connectivity index (χ1n) is 12.7. The third-order valence-corrected chi connectivity index (χ3v) is 5.91. The van der Waals surface area contributed by atoms with Crippen LogP contribution >= 0.6 is 0 Å². The van der Waals surface area contributed by atoms with E-state index in [1.165, 1.54) is 37.4 Å². The molecule has 1 heterocycles. The lowest BCUT2D eigenvalue weighted by Crippen LogP contribution is -2.21. The highest BCUT2D eigenvalue weighted by Gasteiger charge is 2.38. The third-order valence-electron chi connectivity index (χ3n) is 5.91. The third kappa shape index (κ3) is 8.15. The van der Waals surface area contributed by atoms with Crippen LogP contribution in [0.3, 0.4) is 0 Å². The molecule has 0 aliphatic rings. The lowest BCUT2D eigenvalue weighted by atomic mass is 10.0. The van der Waals surface area contributed by atoms with Gasteiger partial charge >= 0.3 is 23.8 Å². The number of hydrogen-bond acceptors (Lipinski definition) is 8. The molecule has 45 heavy (non-hydrogen) atoms. The van der Waals surface area contributed by atoms with Gasteiger partial charge in [0.25, 0.3) is 0 Å². The molecule has 0 radical (unpaired) electrons. The van der Waals surface area contributed by atoms with Crippen LogP contribution in [0.2, 0.25) is 0 Å². The normalized spacial score (nSPS) is 11.5. The highest BCUT2D eigenvalue weighted by Crippen LogP contribution is 2.35. The molecule has 0 aliphatic heterocycles. The number of aromatic carboxylic acids is 1. The Morgan fingerprint density at radius 1 is 1.11 bits per heavy atom. The fraction of sp³-hybridized carbons (Fsp3) is 0.179. The van der Waals surface area contributed by atoms with Crippen molar-refractivity contribution in [1.29, 1.82) is 5.41 Å². The molecule has 0 fully saturated rings. The van der Waals surface area contributed by atoms with Crippen molar-refractivity contribution >= 4 is 23.5 Å². The minimum Gasteiger partial charge on any atom is -0.493 e. The summed E-state index contributed by atoms with van der Waals surface area (Å²) in [6, 6.07) is 14.0. The lowest BCUT2D eigenvalue weighted by molar-refractivity contribution is -0.192. The number of carboxylic acid groups (broad SMARTS) is 2. The summed E-state index contributed by atoms with van der Waals surface area (Å²) in [5.74, 6) is -4.29. The van der Waals surface area contributed by atoms with Crippen molar-refractivity contribution in [3.05, 3.63) is 99.5 Å². The number of nitrogen functional groups attached to an aromatic ring is 1. The van der Waals surface area contributed by atoms with Gasteiger partial charge in [-0.25, -0.2) is 18.8 Å². The number of para-hydroxylation sites is 1. The van der Waals surface area contributed by atoms with Crippen LogP contribution in [0.5, 0.6) is 11.5 Å². The molecule has 3 aromatic carbocycles. The van der Waals surface area contributed by atoms with Crippen molar-refractivity contribution < 1.29 is 46.8 Å². The Morgan fingerprint density at radius 3 is 2.27 bits per heavy atom. The summed E-state index contributed by atoms with van der Waals surface area (Å²) in [7, 11) is 1.39. The Hall–Kier alpha value is -5.87. The van der Waals surface area contributed by atoms with Crippen LogP contribution in [0, 0.1) is 11.2 Å². The second-order valence-electron chi connectivity index (χ2n) is 8.88. The van der Waals surface area contributed by atoms with Crippen molar-refractivity contribution in [2.75, 3.05) is 19.0 Å². The smallest absolute Gasteiger partial charge is 0.490 e. The standard InChI is InChI=1S/C26H25FN6O5.C2HF3O2/c1-3-38-21-12-17(18(27)13-20(21)37-2)22(30-15-10-8-14(9-11-15)23(28)29)24-31-26(36)33(32-24)19-7-5-4-6-16(19)25(34)35;3-2(4,5)1(6)7/h4-13,22,30H,3H2,1-2H3,(H3,28,29)(H,34,35)(H,31,32,36);(H,6,7). The quantitative estimate of drug-likeness (QED) is 0.0842. The number of hydrogen-bond donors (Lipinski definition) is 6. The first-order valence-corrected chi connectivity index (χ1v) is 12.7.